The number of hydrogen-bond acceptors (Lipinski definition) is 1. The van der Waals surface area contributed by atoms with Gasteiger partial charge in [-0.1, -0.05) is 0 Å². The summed E-state index contributed by atoms with van der Waals surface area (Å²) in [5.74, 6) is 0. The Morgan fingerprint density at radius 3 is 1.75 bits per heavy atom. The molecule has 0 radical (unpaired) electrons. The molecule has 0 aliphatic heterocycles. The summed E-state index contributed by atoms with van der Waals surface area (Å²) in [7, 11) is 0. The Balaban J connectivity index is 0. The molecule has 1 N–H and O–H groups in total. The Morgan fingerprint density at radius 2 is 1.75 bits per heavy atom. The van der Waals surface area contributed by atoms with Crippen LogP contribution in [0.4, 0.5) is 0 Å². The number of rotatable bonds is 0. The average Bonchev–Trinajstić information content (AvgIpc) is 0.918. The molecule has 4 heavy (non-hydrogen) atoms. The molecule has 0 aliphatic carbocycles. The fourth-order valence-corrected chi connectivity index (χ4v) is 0. The van der Waals surface area contributed by atoms with Gasteiger partial charge in [-0.2, -0.15) is 13.5 Å². The molecule has 1 nitrogen and oxygen atoms in total. The summed E-state index contributed by atoms with van der Waals surface area (Å²) in [6.45, 7) is 1.93. The summed E-state index contributed by atoms with van der Waals surface area (Å²) >= 11 is 0. The van der Waals surface area contributed by atoms with Gasteiger partial charge in [-0.05, 0) is 6.92 Å². The Bertz CT molecular complexity index is 6.00. The van der Waals surface area contributed by atoms with E-state index in [0.29, 0.717) is 0 Å². The molecule has 0 spiro atoms. The highest BCUT2D eigenvalue weighted by molar-refractivity contribution is 7.59. The van der Waals surface area contributed by atoms with Crippen molar-refractivity contribution in [1.82, 2.24) is 0 Å². The first-order valence-corrected chi connectivity index (χ1v) is 1.02. The first kappa shape index (κ1) is 8.85. The summed E-state index contributed by atoms with van der Waals surface area (Å²) < 4.78 is 0. The predicted octanol–water partition coefficient (Wildman–Crippen LogP) is 0.111. The lowest BCUT2D eigenvalue weighted by atomic mass is 10.9. The van der Waals surface area contributed by atoms with Crippen LogP contribution in [0.5, 0.6) is 0 Å². The van der Waals surface area contributed by atoms with Crippen molar-refractivity contribution in [1.29, 1.82) is 0 Å². The first-order chi connectivity index (χ1) is 1.41. The zero-order valence-corrected chi connectivity index (χ0v) is 3.65. The average molecular weight is 80.2 g/mol. The van der Waals surface area contributed by atoms with Crippen molar-refractivity contribution in [2.45, 2.75) is 6.92 Å². The quantitative estimate of drug-likeness (QED) is 0.438. The van der Waals surface area contributed by atoms with Gasteiger partial charge < -0.3 is 5.11 Å². The summed E-state index contributed by atoms with van der Waals surface area (Å²) in [5, 5.41) is 7.57. The van der Waals surface area contributed by atoms with E-state index in [1.165, 1.54) is 0 Å². The van der Waals surface area contributed by atoms with Gasteiger partial charge >= 0.3 is 0 Å². The zero-order chi connectivity index (χ0) is 2.71. The number of aliphatic hydroxyl groups excluding tert-OH is 1. The van der Waals surface area contributed by atoms with Crippen LogP contribution in [0.3, 0.4) is 0 Å². The lowest BCUT2D eigenvalue weighted by Crippen LogP contribution is -1.57. The van der Waals surface area contributed by atoms with E-state index in [4.69, 9.17) is 5.11 Å². The van der Waals surface area contributed by atoms with E-state index >= 15 is 0 Å². The van der Waals surface area contributed by atoms with Gasteiger partial charge in [-0.15, -0.1) is 0 Å². The van der Waals surface area contributed by atoms with E-state index in [-0.39, 0.29) is 20.1 Å². The molecule has 0 heterocycles. The minimum atomic E-state index is 0. The Kier molecular flexibility index (Phi) is 22.8. The first-order valence-electron chi connectivity index (χ1n) is 1.02. The minimum Gasteiger partial charge on any atom is -0.397 e. The molecule has 0 aromatic heterocycles. The van der Waals surface area contributed by atoms with Crippen LogP contribution in [-0.2, 0) is 0 Å². The monoisotopic (exact) mass is 80.0 g/mol. The van der Waals surface area contributed by atoms with Crippen molar-refractivity contribution in [3.05, 3.63) is 0 Å². The van der Waals surface area contributed by atoms with Gasteiger partial charge in [0.1, 0.15) is 0 Å². The predicted molar refractivity (Wildman–Crippen MR) is 23.1 cm³/mol. The largest absolute Gasteiger partial charge is 0.397 e. The molecule has 0 fully saturated rings. The highest BCUT2D eigenvalue weighted by Gasteiger charge is 1.34. The van der Waals surface area contributed by atoms with Gasteiger partial charge in [0.25, 0.3) is 0 Å². The van der Waals surface area contributed by atoms with E-state index in [2.05, 4.69) is 0 Å². The Morgan fingerprint density at radius 1 is 1.75 bits per heavy atom. The second-order valence-corrected chi connectivity index (χ2v) is 0.316. The molecule has 0 bridgehead atoms. The van der Waals surface area contributed by atoms with Crippen LogP contribution in [-0.4, -0.2) is 11.7 Å². The highest BCUT2D eigenvalue weighted by Crippen LogP contribution is 1.30. The van der Waals surface area contributed by atoms with Crippen molar-refractivity contribution >= 4 is 13.5 Å². The second-order valence-electron chi connectivity index (χ2n) is 0.316. The van der Waals surface area contributed by atoms with Crippen molar-refractivity contribution in [2.75, 3.05) is 6.61 Å². The lowest BCUT2D eigenvalue weighted by molar-refractivity contribution is 0.318. The van der Waals surface area contributed by atoms with Crippen molar-refractivity contribution in [3.63, 3.8) is 0 Å². The fourth-order valence-electron chi connectivity index (χ4n) is 0. The summed E-state index contributed by atoms with van der Waals surface area (Å²) in [6, 6.07) is 0. The molecule has 0 aromatic carbocycles. The molecule has 0 amide bonds. The SMILES string of the molecule is CCO.S. The molecule has 0 atom stereocenters. The van der Waals surface area contributed by atoms with E-state index in [9.17, 15) is 0 Å². The third kappa shape index (κ3) is 41.3. The molecule has 2 heteroatoms. The summed E-state index contributed by atoms with van der Waals surface area (Å²) in [5.41, 5.74) is 0. The van der Waals surface area contributed by atoms with Crippen LogP contribution >= 0.6 is 13.5 Å². The summed E-state index contributed by atoms with van der Waals surface area (Å²) in [6.07, 6.45) is 0. The van der Waals surface area contributed by atoms with Gasteiger partial charge in [0.05, 0.1) is 0 Å². The van der Waals surface area contributed by atoms with E-state index in [1.807, 2.05) is 0 Å². The number of aliphatic hydroxyl groups is 1. The van der Waals surface area contributed by atoms with Gasteiger partial charge in [0, 0.05) is 6.61 Å². The van der Waals surface area contributed by atoms with Crippen LogP contribution < -0.4 is 0 Å². The van der Waals surface area contributed by atoms with Crippen LogP contribution in [0.2, 0.25) is 0 Å². The fraction of sp³-hybridized carbons (Fsp3) is 1.00. The maximum Gasteiger partial charge on any atom is 0.0402 e. The third-order valence-electron chi connectivity index (χ3n) is 0. The third-order valence-corrected chi connectivity index (χ3v) is 0. The molecule has 0 saturated heterocycles. The maximum absolute atomic E-state index is 7.57. The van der Waals surface area contributed by atoms with E-state index < -0.39 is 0 Å². The smallest absolute Gasteiger partial charge is 0.0402 e. The standard InChI is InChI=1S/C2H6O.H2S/c1-2-3;/h3H,2H2,1H3;1H2. The van der Waals surface area contributed by atoms with E-state index in [0.717, 1.165) is 0 Å². The number of hydrogen-bond donors (Lipinski definition) is 1. The molecule has 0 unspecified atom stereocenters. The molecule has 0 aliphatic rings. The maximum atomic E-state index is 7.57. The van der Waals surface area contributed by atoms with Crippen LogP contribution in [0.1, 0.15) is 6.92 Å². The van der Waals surface area contributed by atoms with Crippen molar-refractivity contribution < 1.29 is 5.11 Å². The Labute approximate surface area is 33.1 Å². The van der Waals surface area contributed by atoms with Gasteiger partial charge in [0.2, 0.25) is 0 Å². The normalized spacial score (nSPS) is 4.50. The molecule has 0 aromatic rings. The Hall–Kier alpha value is 0.310. The van der Waals surface area contributed by atoms with E-state index in [1.54, 1.807) is 6.92 Å². The zero-order valence-electron chi connectivity index (χ0n) is 2.65. The minimum absolute atomic E-state index is 0. The summed E-state index contributed by atoms with van der Waals surface area (Å²) in [4.78, 5) is 0. The topological polar surface area (TPSA) is 20.2 Å². The van der Waals surface area contributed by atoms with Gasteiger partial charge in [-0.3, -0.25) is 0 Å². The molecule has 0 saturated carbocycles. The van der Waals surface area contributed by atoms with Crippen LogP contribution in [0.15, 0.2) is 0 Å². The van der Waals surface area contributed by atoms with Gasteiger partial charge in [0.15, 0.2) is 0 Å². The highest BCUT2D eigenvalue weighted by atomic mass is 32.1. The van der Waals surface area contributed by atoms with Crippen LogP contribution in [0, 0.1) is 0 Å². The van der Waals surface area contributed by atoms with Crippen molar-refractivity contribution in [3.8, 4) is 0 Å². The molecular formula is C2H8OS. The van der Waals surface area contributed by atoms with Gasteiger partial charge in [-0.25, -0.2) is 0 Å². The lowest BCUT2D eigenvalue weighted by Gasteiger charge is -1.52. The van der Waals surface area contributed by atoms with Crippen molar-refractivity contribution in [2.24, 2.45) is 0 Å². The van der Waals surface area contributed by atoms with Crippen LogP contribution in [0.25, 0.3) is 0 Å². The molecular weight excluding hydrogens is 72.1 g/mol. The second kappa shape index (κ2) is 10.3. The molecule has 28 valence electrons. The molecule has 0 rings (SSSR count).